The third kappa shape index (κ3) is 9.65. The Kier molecular flexibility index (Phi) is 11.7. The summed E-state index contributed by atoms with van der Waals surface area (Å²) in [6, 6.07) is 7.77. The van der Waals surface area contributed by atoms with Crippen LogP contribution in [0.25, 0.3) is 0 Å². The van der Waals surface area contributed by atoms with Crippen molar-refractivity contribution in [3.05, 3.63) is 43.0 Å². The van der Waals surface area contributed by atoms with Crippen molar-refractivity contribution < 1.29 is 37.1 Å². The maximum absolute atomic E-state index is 13.4. The third-order valence-electron chi connectivity index (χ3n) is 6.36. The minimum atomic E-state index is -4.67. The molecule has 1 aromatic rings. The van der Waals surface area contributed by atoms with Crippen LogP contribution in [0.2, 0.25) is 0 Å². The average Bonchev–Trinajstić information content (AvgIpc) is 3.58. The van der Waals surface area contributed by atoms with Crippen LogP contribution < -0.4 is 14.3 Å². The number of ether oxygens (including phenoxy) is 2. The van der Waals surface area contributed by atoms with Gasteiger partial charge in [-0.2, -0.15) is 12.7 Å². The molecule has 2 rings (SSSR count). The van der Waals surface area contributed by atoms with Gasteiger partial charge in [-0.1, -0.05) is 50.0 Å². The number of nitrogens with zero attached hydrogens (tertiary/aromatic N) is 1. The molecule has 0 spiro atoms. The number of hydrogen-bond acceptors (Lipinski definition) is 8. The van der Waals surface area contributed by atoms with Crippen LogP contribution in [0.1, 0.15) is 78.6 Å². The van der Waals surface area contributed by atoms with E-state index in [9.17, 15) is 27.6 Å². The van der Waals surface area contributed by atoms with Crippen molar-refractivity contribution in [2.24, 2.45) is 5.92 Å². The Labute approximate surface area is 236 Å². The number of hydrogen-bond donors (Lipinski definition) is 2. The Morgan fingerprint density at radius 1 is 1.02 bits per heavy atom. The zero-order valence-corrected chi connectivity index (χ0v) is 24.6. The van der Waals surface area contributed by atoms with Crippen LogP contribution in [-0.4, -0.2) is 50.5 Å². The second kappa shape index (κ2) is 14.3. The fraction of sp³-hybridized carbons (Fsp3) is 0.571. The molecule has 40 heavy (non-hydrogen) atoms. The van der Waals surface area contributed by atoms with Gasteiger partial charge < -0.3 is 14.8 Å². The fourth-order valence-electron chi connectivity index (χ4n) is 4.21. The summed E-state index contributed by atoms with van der Waals surface area (Å²) in [5.41, 5.74) is -2.30. The molecule has 12 heteroatoms. The molecule has 0 aliphatic heterocycles. The first-order chi connectivity index (χ1) is 18.8. The number of carbonyl (C=O) groups is 4. The quantitative estimate of drug-likeness (QED) is 0.179. The van der Waals surface area contributed by atoms with E-state index in [1.165, 1.54) is 25.3 Å². The largest absolute Gasteiger partial charge is 0.469 e. The molecular weight excluding hydrogens is 538 g/mol. The van der Waals surface area contributed by atoms with E-state index in [1.807, 2.05) is 4.72 Å². The van der Waals surface area contributed by atoms with Gasteiger partial charge in [0.05, 0.1) is 12.8 Å². The predicted octanol–water partition coefficient (Wildman–Crippen LogP) is 4.14. The van der Waals surface area contributed by atoms with Crippen LogP contribution in [0.15, 0.2) is 43.0 Å². The SMILES string of the molecule is C=C[C@@H]1C[C@]1(NC(=O)OC(C)(C)C)C(=O)NS(=O)(=O)N(C(=O)CCCCCCCCC(=O)OC)c1ccccc1. The average molecular weight is 580 g/mol. The van der Waals surface area contributed by atoms with Crippen molar-refractivity contribution in [2.45, 2.75) is 89.7 Å². The number of anilines is 1. The number of benzene rings is 1. The molecule has 3 amide bonds. The minimum Gasteiger partial charge on any atom is -0.469 e. The second-order valence-electron chi connectivity index (χ2n) is 10.8. The summed E-state index contributed by atoms with van der Waals surface area (Å²) in [5.74, 6) is -2.43. The number of para-hydroxylation sites is 1. The van der Waals surface area contributed by atoms with Crippen LogP contribution in [0.5, 0.6) is 0 Å². The topological polar surface area (TPSA) is 148 Å². The minimum absolute atomic E-state index is 0.0528. The van der Waals surface area contributed by atoms with E-state index in [2.05, 4.69) is 16.6 Å². The summed E-state index contributed by atoms with van der Waals surface area (Å²) in [6.07, 6.45) is 5.46. The van der Waals surface area contributed by atoms with E-state index >= 15 is 0 Å². The van der Waals surface area contributed by atoms with Gasteiger partial charge in [0.15, 0.2) is 0 Å². The van der Waals surface area contributed by atoms with Crippen molar-refractivity contribution in [1.29, 1.82) is 0 Å². The van der Waals surface area contributed by atoms with Crippen LogP contribution in [0.3, 0.4) is 0 Å². The van der Waals surface area contributed by atoms with Crippen molar-refractivity contribution in [3.8, 4) is 0 Å². The van der Waals surface area contributed by atoms with E-state index in [0.29, 0.717) is 23.6 Å². The highest BCUT2D eigenvalue weighted by Gasteiger charge is 2.61. The van der Waals surface area contributed by atoms with Gasteiger partial charge in [-0.15, -0.1) is 6.58 Å². The van der Waals surface area contributed by atoms with E-state index in [0.717, 1.165) is 25.7 Å². The van der Waals surface area contributed by atoms with Gasteiger partial charge in [0.25, 0.3) is 5.91 Å². The van der Waals surface area contributed by atoms with Gasteiger partial charge in [-0.3, -0.25) is 14.4 Å². The lowest BCUT2D eigenvalue weighted by molar-refractivity contribution is -0.140. The molecule has 222 valence electrons. The van der Waals surface area contributed by atoms with E-state index in [-0.39, 0.29) is 24.5 Å². The molecule has 2 N–H and O–H groups in total. The van der Waals surface area contributed by atoms with Crippen molar-refractivity contribution >= 4 is 39.8 Å². The van der Waals surface area contributed by atoms with Gasteiger partial charge in [0, 0.05) is 18.8 Å². The molecule has 0 unspecified atom stereocenters. The summed E-state index contributed by atoms with van der Waals surface area (Å²) in [4.78, 5) is 50.0. The zero-order chi connectivity index (χ0) is 30.0. The van der Waals surface area contributed by atoms with Gasteiger partial charge in [-0.25, -0.2) is 9.52 Å². The fourth-order valence-corrected chi connectivity index (χ4v) is 5.48. The lowest BCUT2D eigenvalue weighted by Gasteiger charge is -2.26. The summed E-state index contributed by atoms with van der Waals surface area (Å²) >= 11 is 0. The maximum atomic E-state index is 13.4. The van der Waals surface area contributed by atoms with Gasteiger partial charge >= 0.3 is 22.3 Å². The van der Waals surface area contributed by atoms with Crippen molar-refractivity contribution in [3.63, 3.8) is 0 Å². The number of alkyl carbamates (subject to hydrolysis) is 1. The molecule has 1 aliphatic rings. The standard InChI is InChI=1S/C28H41N3O8S/c1-6-21-20-28(21,29-26(35)39-27(2,3)4)25(34)30-40(36,37)31(22-16-12-11-13-17-22)23(32)18-14-9-7-8-10-15-19-24(33)38-5/h6,11-13,16-17,21H,1,7-10,14-15,18-20H2,2-5H3,(H,29,35)(H,30,34)/t21-,28-/m1/s1. The monoisotopic (exact) mass is 579 g/mol. The Morgan fingerprint density at radius 3 is 2.12 bits per heavy atom. The molecule has 0 bridgehead atoms. The third-order valence-corrected chi connectivity index (χ3v) is 7.70. The van der Waals surface area contributed by atoms with Crippen LogP contribution in [-0.2, 0) is 34.1 Å². The molecule has 11 nitrogen and oxygen atoms in total. The molecule has 0 aromatic heterocycles. The van der Waals surface area contributed by atoms with Crippen LogP contribution in [0.4, 0.5) is 10.5 Å². The molecule has 1 aromatic carbocycles. The number of rotatable bonds is 15. The normalized spacial score (nSPS) is 18.2. The zero-order valence-electron chi connectivity index (χ0n) is 23.7. The highest BCUT2D eigenvalue weighted by molar-refractivity contribution is 7.92. The number of amides is 3. The number of unbranched alkanes of at least 4 members (excludes halogenated alkanes) is 5. The Morgan fingerprint density at radius 2 is 1.60 bits per heavy atom. The first-order valence-corrected chi connectivity index (χ1v) is 14.9. The number of carbonyl (C=O) groups excluding carboxylic acids is 4. The Hall–Kier alpha value is -3.41. The summed E-state index contributed by atoms with van der Waals surface area (Å²) in [6.45, 7) is 8.65. The molecule has 1 saturated carbocycles. The summed E-state index contributed by atoms with van der Waals surface area (Å²) in [7, 11) is -3.32. The predicted molar refractivity (Wildman–Crippen MR) is 150 cm³/mol. The lowest BCUT2D eigenvalue weighted by Crippen LogP contribution is -2.56. The first-order valence-electron chi connectivity index (χ1n) is 13.4. The molecule has 0 radical (unpaired) electrons. The van der Waals surface area contributed by atoms with Gasteiger partial charge in [0.1, 0.15) is 11.1 Å². The lowest BCUT2D eigenvalue weighted by atomic mass is 10.1. The Bertz CT molecular complexity index is 1160. The van der Waals surface area contributed by atoms with E-state index in [1.54, 1.807) is 39.0 Å². The number of methoxy groups -OCH3 is 1. The van der Waals surface area contributed by atoms with Crippen LogP contribution in [0, 0.1) is 5.92 Å². The van der Waals surface area contributed by atoms with Gasteiger partial charge in [-0.05, 0) is 52.2 Å². The highest BCUT2D eigenvalue weighted by Crippen LogP contribution is 2.45. The number of nitrogens with one attached hydrogen (secondary N) is 2. The highest BCUT2D eigenvalue weighted by atomic mass is 32.2. The van der Waals surface area contributed by atoms with Crippen LogP contribution >= 0.6 is 0 Å². The summed E-state index contributed by atoms with van der Waals surface area (Å²) in [5, 5.41) is 2.49. The van der Waals surface area contributed by atoms with Crippen molar-refractivity contribution in [2.75, 3.05) is 11.4 Å². The molecule has 1 fully saturated rings. The molecule has 2 atom stereocenters. The second-order valence-corrected chi connectivity index (χ2v) is 12.3. The summed E-state index contributed by atoms with van der Waals surface area (Å²) < 4.78 is 39.3. The number of esters is 1. The van der Waals surface area contributed by atoms with Crippen molar-refractivity contribution in [1.82, 2.24) is 10.0 Å². The van der Waals surface area contributed by atoms with Gasteiger partial charge in [0.2, 0.25) is 5.91 Å². The molecular formula is C28H41N3O8S. The Balaban J connectivity index is 2.06. The van der Waals surface area contributed by atoms with E-state index < -0.39 is 45.2 Å². The first kappa shape index (κ1) is 32.8. The van der Waals surface area contributed by atoms with E-state index in [4.69, 9.17) is 4.74 Å². The molecule has 0 heterocycles. The molecule has 0 saturated heterocycles. The smallest absolute Gasteiger partial charge is 0.408 e. The maximum Gasteiger partial charge on any atom is 0.408 e. The molecule has 1 aliphatic carbocycles.